The Balaban J connectivity index is 2.60. The molecule has 1 heterocycles. The van der Waals surface area contributed by atoms with Gasteiger partial charge in [0.15, 0.2) is 11.5 Å². The lowest BCUT2D eigenvalue weighted by molar-refractivity contribution is 0.0690. The number of hydrogen-bond donors (Lipinski definition) is 1. The van der Waals surface area contributed by atoms with Crippen LogP contribution in [0.15, 0.2) is 28.7 Å². The molecular formula is C12H8BrFN2O2. The zero-order valence-corrected chi connectivity index (χ0v) is 10.9. The summed E-state index contributed by atoms with van der Waals surface area (Å²) in [6, 6.07) is 5.43. The predicted molar refractivity (Wildman–Crippen MR) is 66.8 cm³/mol. The van der Waals surface area contributed by atoms with Gasteiger partial charge in [-0.2, -0.15) is 0 Å². The number of halogens is 2. The van der Waals surface area contributed by atoms with Crippen molar-refractivity contribution in [1.29, 1.82) is 0 Å². The second kappa shape index (κ2) is 4.81. The van der Waals surface area contributed by atoms with E-state index in [0.29, 0.717) is 15.7 Å². The first-order valence-electron chi connectivity index (χ1n) is 5.02. The van der Waals surface area contributed by atoms with Gasteiger partial charge in [0.05, 0.1) is 0 Å². The highest BCUT2D eigenvalue weighted by atomic mass is 79.9. The average molecular weight is 311 g/mol. The van der Waals surface area contributed by atoms with E-state index in [4.69, 9.17) is 5.11 Å². The van der Waals surface area contributed by atoms with Gasteiger partial charge in [-0.1, -0.05) is 0 Å². The molecule has 0 aliphatic heterocycles. The molecule has 1 N–H and O–H groups in total. The monoisotopic (exact) mass is 310 g/mol. The highest BCUT2D eigenvalue weighted by Gasteiger charge is 2.12. The maximum Gasteiger partial charge on any atom is 0.354 e. The van der Waals surface area contributed by atoms with Crippen molar-refractivity contribution >= 4 is 21.9 Å². The quantitative estimate of drug-likeness (QED) is 0.926. The summed E-state index contributed by atoms with van der Waals surface area (Å²) in [6.45, 7) is 1.68. The molecule has 0 unspecified atom stereocenters. The summed E-state index contributed by atoms with van der Waals surface area (Å²) in [7, 11) is 0. The fourth-order valence-electron chi connectivity index (χ4n) is 1.47. The summed E-state index contributed by atoms with van der Waals surface area (Å²) in [6.07, 6.45) is 0. The molecule has 1 aromatic carbocycles. The smallest absolute Gasteiger partial charge is 0.354 e. The Morgan fingerprint density at radius 1 is 1.33 bits per heavy atom. The van der Waals surface area contributed by atoms with E-state index < -0.39 is 11.8 Å². The van der Waals surface area contributed by atoms with Crippen LogP contribution in [0.4, 0.5) is 4.39 Å². The van der Waals surface area contributed by atoms with Gasteiger partial charge in [-0.15, -0.1) is 0 Å². The SMILES string of the molecule is Cc1cc(C(=O)O)nc(-c2ccc(F)cc2Br)n1. The molecule has 2 rings (SSSR count). The minimum Gasteiger partial charge on any atom is -0.477 e. The first kappa shape index (κ1) is 12.6. The largest absolute Gasteiger partial charge is 0.477 e. The number of carboxylic acids is 1. The molecule has 0 bridgehead atoms. The number of benzene rings is 1. The van der Waals surface area contributed by atoms with E-state index in [9.17, 15) is 9.18 Å². The van der Waals surface area contributed by atoms with Crippen LogP contribution in [0.2, 0.25) is 0 Å². The summed E-state index contributed by atoms with van der Waals surface area (Å²) in [4.78, 5) is 19.0. The number of aromatic carboxylic acids is 1. The Kier molecular flexibility index (Phi) is 3.38. The van der Waals surface area contributed by atoms with E-state index in [0.717, 1.165) is 0 Å². The summed E-state index contributed by atoms with van der Waals surface area (Å²) < 4.78 is 13.5. The standard InChI is InChI=1S/C12H8BrFN2O2/c1-6-4-10(12(17)18)16-11(15-6)8-3-2-7(14)5-9(8)13/h2-5H,1H3,(H,17,18). The third-order valence-corrected chi connectivity index (χ3v) is 2.90. The van der Waals surface area contributed by atoms with Gasteiger partial charge in [0.25, 0.3) is 0 Å². The second-order valence-corrected chi connectivity index (χ2v) is 4.50. The van der Waals surface area contributed by atoms with Crippen molar-refractivity contribution in [3.8, 4) is 11.4 Å². The Morgan fingerprint density at radius 3 is 2.67 bits per heavy atom. The van der Waals surface area contributed by atoms with Crippen molar-refractivity contribution in [2.24, 2.45) is 0 Å². The van der Waals surface area contributed by atoms with Crippen LogP contribution < -0.4 is 0 Å². The lowest BCUT2D eigenvalue weighted by atomic mass is 10.2. The fourth-order valence-corrected chi connectivity index (χ4v) is 2.00. The van der Waals surface area contributed by atoms with Crippen LogP contribution >= 0.6 is 15.9 Å². The van der Waals surface area contributed by atoms with Crippen LogP contribution in [0, 0.1) is 12.7 Å². The van der Waals surface area contributed by atoms with E-state index in [1.807, 2.05) is 0 Å². The van der Waals surface area contributed by atoms with Gasteiger partial charge in [-0.05, 0) is 47.1 Å². The van der Waals surface area contributed by atoms with Crippen LogP contribution in [-0.4, -0.2) is 21.0 Å². The molecule has 0 radical (unpaired) electrons. The summed E-state index contributed by atoms with van der Waals surface area (Å²) >= 11 is 3.20. The molecule has 92 valence electrons. The molecule has 0 aliphatic rings. The van der Waals surface area contributed by atoms with Gasteiger partial charge in [0, 0.05) is 15.7 Å². The highest BCUT2D eigenvalue weighted by molar-refractivity contribution is 9.10. The molecule has 0 saturated carbocycles. The average Bonchev–Trinajstić information content (AvgIpc) is 2.27. The van der Waals surface area contributed by atoms with E-state index >= 15 is 0 Å². The normalized spacial score (nSPS) is 10.4. The number of aromatic nitrogens is 2. The van der Waals surface area contributed by atoms with E-state index in [1.54, 1.807) is 6.92 Å². The Labute approximate surface area is 111 Å². The number of nitrogens with zero attached hydrogens (tertiary/aromatic N) is 2. The number of carbonyl (C=O) groups is 1. The van der Waals surface area contributed by atoms with E-state index in [1.165, 1.54) is 24.3 Å². The molecule has 18 heavy (non-hydrogen) atoms. The molecule has 0 fully saturated rings. The van der Waals surface area contributed by atoms with Gasteiger partial charge in [-0.25, -0.2) is 19.2 Å². The van der Waals surface area contributed by atoms with Crippen molar-refractivity contribution in [3.05, 3.63) is 45.9 Å². The molecule has 0 amide bonds. The highest BCUT2D eigenvalue weighted by Crippen LogP contribution is 2.26. The Bertz CT molecular complexity index is 631. The van der Waals surface area contributed by atoms with Crippen LogP contribution in [0.5, 0.6) is 0 Å². The Morgan fingerprint density at radius 2 is 2.06 bits per heavy atom. The number of carboxylic acid groups (broad SMARTS) is 1. The molecule has 0 atom stereocenters. The molecule has 1 aromatic heterocycles. The van der Waals surface area contributed by atoms with E-state index in [2.05, 4.69) is 25.9 Å². The lowest BCUT2D eigenvalue weighted by Crippen LogP contribution is -2.04. The first-order chi connectivity index (χ1) is 8.47. The van der Waals surface area contributed by atoms with Crippen LogP contribution in [0.3, 0.4) is 0 Å². The van der Waals surface area contributed by atoms with Gasteiger partial charge in [0.1, 0.15) is 5.82 Å². The van der Waals surface area contributed by atoms with Gasteiger partial charge >= 0.3 is 5.97 Å². The van der Waals surface area contributed by atoms with Crippen molar-refractivity contribution < 1.29 is 14.3 Å². The second-order valence-electron chi connectivity index (χ2n) is 3.65. The molecular weight excluding hydrogens is 303 g/mol. The molecule has 0 saturated heterocycles. The van der Waals surface area contributed by atoms with Crippen LogP contribution in [0.25, 0.3) is 11.4 Å². The topological polar surface area (TPSA) is 63.1 Å². The number of hydrogen-bond acceptors (Lipinski definition) is 3. The van der Waals surface area contributed by atoms with E-state index in [-0.39, 0.29) is 11.5 Å². The summed E-state index contributed by atoms with van der Waals surface area (Å²) in [5, 5.41) is 8.93. The number of aryl methyl sites for hydroxylation is 1. The third kappa shape index (κ3) is 2.53. The first-order valence-corrected chi connectivity index (χ1v) is 5.81. The molecule has 6 heteroatoms. The van der Waals surface area contributed by atoms with Crippen molar-refractivity contribution in [3.63, 3.8) is 0 Å². The van der Waals surface area contributed by atoms with Gasteiger partial charge < -0.3 is 5.11 Å². The maximum atomic E-state index is 13.0. The zero-order valence-electron chi connectivity index (χ0n) is 9.32. The van der Waals surface area contributed by atoms with Crippen molar-refractivity contribution in [1.82, 2.24) is 9.97 Å². The fraction of sp³-hybridized carbons (Fsp3) is 0.0833. The van der Waals surface area contributed by atoms with Crippen molar-refractivity contribution in [2.45, 2.75) is 6.92 Å². The summed E-state index contributed by atoms with van der Waals surface area (Å²) in [5.41, 5.74) is 0.991. The lowest BCUT2D eigenvalue weighted by Gasteiger charge is -2.05. The predicted octanol–water partition coefficient (Wildman–Crippen LogP) is 3.05. The minimum atomic E-state index is -1.13. The van der Waals surface area contributed by atoms with Crippen LogP contribution in [-0.2, 0) is 0 Å². The number of rotatable bonds is 2. The van der Waals surface area contributed by atoms with Crippen molar-refractivity contribution in [2.75, 3.05) is 0 Å². The third-order valence-electron chi connectivity index (χ3n) is 2.25. The molecule has 0 aliphatic carbocycles. The van der Waals surface area contributed by atoms with Crippen LogP contribution in [0.1, 0.15) is 16.2 Å². The van der Waals surface area contributed by atoms with Gasteiger partial charge in [-0.3, -0.25) is 0 Å². The molecule has 4 nitrogen and oxygen atoms in total. The molecule has 2 aromatic rings. The molecule has 0 spiro atoms. The summed E-state index contributed by atoms with van der Waals surface area (Å²) in [5.74, 6) is -1.27. The Hall–Kier alpha value is -1.82. The zero-order chi connectivity index (χ0) is 13.3. The minimum absolute atomic E-state index is 0.0891. The van der Waals surface area contributed by atoms with Gasteiger partial charge in [0.2, 0.25) is 0 Å². The maximum absolute atomic E-state index is 13.0.